The largest absolute Gasteiger partial charge is 0.314 e. The quantitative estimate of drug-likeness (QED) is 0.905. The van der Waals surface area contributed by atoms with Crippen molar-refractivity contribution in [2.45, 2.75) is 17.8 Å². The maximum atomic E-state index is 6.20. The van der Waals surface area contributed by atoms with Crippen molar-refractivity contribution in [2.75, 3.05) is 26.4 Å². The van der Waals surface area contributed by atoms with E-state index in [1.165, 1.54) is 5.56 Å². The average molecular weight is 271 g/mol. The Morgan fingerprint density at radius 3 is 2.88 bits per heavy atom. The van der Waals surface area contributed by atoms with E-state index < -0.39 is 0 Å². The van der Waals surface area contributed by atoms with Gasteiger partial charge >= 0.3 is 0 Å². The third-order valence-electron chi connectivity index (χ3n) is 3.37. The predicted octanol–water partition coefficient (Wildman–Crippen LogP) is 2.48. The zero-order chi connectivity index (χ0) is 12.3. The lowest BCUT2D eigenvalue weighted by Crippen LogP contribution is -2.38. The maximum Gasteiger partial charge on any atom is 0.0451 e. The summed E-state index contributed by atoms with van der Waals surface area (Å²) in [6.07, 6.45) is 2.19. The van der Waals surface area contributed by atoms with E-state index in [0.29, 0.717) is 11.3 Å². The molecule has 1 aromatic carbocycles. The second kappa shape index (κ2) is 6.10. The molecule has 0 bridgehead atoms. The van der Waals surface area contributed by atoms with Crippen LogP contribution < -0.4 is 5.32 Å². The molecule has 1 aliphatic heterocycles. The monoisotopic (exact) mass is 270 g/mol. The molecule has 1 aliphatic rings. The molecule has 1 heterocycles. The Morgan fingerprint density at radius 2 is 2.18 bits per heavy atom. The van der Waals surface area contributed by atoms with Crippen molar-refractivity contribution in [3.8, 4) is 0 Å². The first kappa shape index (κ1) is 13.2. The molecule has 1 fully saturated rings. The molecule has 1 saturated heterocycles. The highest BCUT2D eigenvalue weighted by molar-refractivity contribution is 7.99. The molecule has 0 radical (unpaired) electrons. The topological polar surface area (TPSA) is 15.3 Å². The van der Waals surface area contributed by atoms with E-state index in [0.717, 1.165) is 24.7 Å². The first-order valence-electron chi connectivity index (χ1n) is 5.89. The van der Waals surface area contributed by atoms with Gasteiger partial charge in [-0.25, -0.2) is 0 Å². The van der Waals surface area contributed by atoms with Gasteiger partial charge in [0.2, 0.25) is 0 Å². The Balaban J connectivity index is 2.01. The first-order valence-corrected chi connectivity index (χ1v) is 7.56. The number of benzene rings is 1. The maximum absolute atomic E-state index is 6.20. The predicted molar refractivity (Wildman–Crippen MR) is 76.9 cm³/mol. The van der Waals surface area contributed by atoms with Crippen LogP contribution in [0.5, 0.6) is 0 Å². The highest BCUT2D eigenvalue weighted by Gasteiger charge is 2.29. The van der Waals surface area contributed by atoms with E-state index in [1.807, 2.05) is 30.0 Å². The van der Waals surface area contributed by atoms with Crippen molar-refractivity contribution in [1.82, 2.24) is 10.2 Å². The van der Waals surface area contributed by atoms with Crippen LogP contribution in [0, 0.1) is 0 Å². The third-order valence-corrected chi connectivity index (χ3v) is 4.83. The second-order valence-electron chi connectivity index (χ2n) is 4.51. The molecule has 0 aliphatic carbocycles. The van der Waals surface area contributed by atoms with Gasteiger partial charge in [0.1, 0.15) is 0 Å². The summed E-state index contributed by atoms with van der Waals surface area (Å²) in [6.45, 7) is 3.11. The van der Waals surface area contributed by atoms with Gasteiger partial charge in [0.05, 0.1) is 0 Å². The Kier molecular flexibility index (Phi) is 4.74. The van der Waals surface area contributed by atoms with Crippen molar-refractivity contribution < 1.29 is 0 Å². The summed E-state index contributed by atoms with van der Waals surface area (Å²) in [6, 6.07) is 8.70. The van der Waals surface area contributed by atoms with Gasteiger partial charge in [0.25, 0.3) is 0 Å². The van der Waals surface area contributed by atoms with Crippen LogP contribution in [-0.4, -0.2) is 42.6 Å². The smallest absolute Gasteiger partial charge is 0.0451 e. The van der Waals surface area contributed by atoms with E-state index in [1.54, 1.807) is 0 Å². The molecule has 0 saturated carbocycles. The third kappa shape index (κ3) is 3.16. The minimum atomic E-state index is 0.598. The van der Waals surface area contributed by atoms with Crippen LogP contribution in [0.1, 0.15) is 5.56 Å². The van der Waals surface area contributed by atoms with E-state index in [2.05, 4.69) is 29.6 Å². The molecule has 2 atom stereocenters. The second-order valence-corrected chi connectivity index (χ2v) is 5.99. The van der Waals surface area contributed by atoms with Crippen LogP contribution in [0.4, 0.5) is 0 Å². The van der Waals surface area contributed by atoms with Gasteiger partial charge in [-0.1, -0.05) is 29.8 Å². The molecule has 2 nitrogen and oxygen atoms in total. The molecule has 1 aromatic rings. The summed E-state index contributed by atoms with van der Waals surface area (Å²) in [5.74, 6) is 0. The summed E-state index contributed by atoms with van der Waals surface area (Å²) < 4.78 is 0. The Hall–Kier alpha value is -0.220. The van der Waals surface area contributed by atoms with Crippen molar-refractivity contribution in [2.24, 2.45) is 0 Å². The number of hydrogen-bond acceptors (Lipinski definition) is 3. The number of hydrogen-bond donors (Lipinski definition) is 1. The summed E-state index contributed by atoms with van der Waals surface area (Å²) >= 11 is 8.14. The lowest BCUT2D eigenvalue weighted by molar-refractivity contribution is 0.253. The Morgan fingerprint density at radius 1 is 1.41 bits per heavy atom. The zero-order valence-electron chi connectivity index (χ0n) is 10.3. The van der Waals surface area contributed by atoms with Crippen molar-refractivity contribution in [1.29, 1.82) is 0 Å². The van der Waals surface area contributed by atoms with Gasteiger partial charge in [-0.15, -0.1) is 0 Å². The number of rotatable bonds is 4. The number of nitrogens with one attached hydrogen (secondary N) is 1. The van der Waals surface area contributed by atoms with E-state index >= 15 is 0 Å². The number of thioether (sulfide) groups is 1. The SMILES string of the molecule is CSC1CNCC1N(C)Cc1ccccc1Cl. The molecule has 17 heavy (non-hydrogen) atoms. The normalized spacial score (nSPS) is 24.5. The van der Waals surface area contributed by atoms with Crippen LogP contribution in [0.25, 0.3) is 0 Å². The molecule has 2 unspecified atom stereocenters. The van der Waals surface area contributed by atoms with Gasteiger partial charge in [0, 0.05) is 35.9 Å². The highest BCUT2D eigenvalue weighted by atomic mass is 35.5. The van der Waals surface area contributed by atoms with Gasteiger partial charge in [0.15, 0.2) is 0 Å². The highest BCUT2D eigenvalue weighted by Crippen LogP contribution is 2.23. The molecule has 94 valence electrons. The lowest BCUT2D eigenvalue weighted by Gasteiger charge is -2.28. The molecule has 0 spiro atoms. The van der Waals surface area contributed by atoms with Crippen LogP contribution in [-0.2, 0) is 6.54 Å². The number of nitrogens with zero attached hydrogens (tertiary/aromatic N) is 1. The van der Waals surface area contributed by atoms with Gasteiger partial charge in [-0.2, -0.15) is 11.8 Å². The van der Waals surface area contributed by atoms with E-state index in [-0.39, 0.29) is 0 Å². The minimum Gasteiger partial charge on any atom is -0.314 e. The van der Waals surface area contributed by atoms with Crippen molar-refractivity contribution in [3.63, 3.8) is 0 Å². The van der Waals surface area contributed by atoms with E-state index in [9.17, 15) is 0 Å². The van der Waals surface area contributed by atoms with Crippen LogP contribution >= 0.6 is 23.4 Å². The minimum absolute atomic E-state index is 0.598. The zero-order valence-corrected chi connectivity index (χ0v) is 11.9. The number of likely N-dealkylation sites (N-methyl/N-ethyl adjacent to an activating group) is 1. The van der Waals surface area contributed by atoms with Gasteiger partial charge in [-0.3, -0.25) is 4.90 Å². The van der Waals surface area contributed by atoms with Gasteiger partial charge in [-0.05, 0) is 24.9 Å². The molecule has 0 aromatic heterocycles. The number of halogens is 1. The fourth-order valence-electron chi connectivity index (χ4n) is 2.33. The first-order chi connectivity index (χ1) is 8.22. The van der Waals surface area contributed by atoms with Crippen LogP contribution in [0.15, 0.2) is 24.3 Å². The molecule has 2 rings (SSSR count). The fourth-order valence-corrected chi connectivity index (χ4v) is 3.43. The lowest BCUT2D eigenvalue weighted by atomic mass is 10.1. The Bertz CT molecular complexity index is 372. The summed E-state index contributed by atoms with van der Waals surface area (Å²) in [7, 11) is 2.18. The molecular weight excluding hydrogens is 252 g/mol. The van der Waals surface area contributed by atoms with Crippen molar-refractivity contribution >= 4 is 23.4 Å². The average Bonchev–Trinajstić information content (AvgIpc) is 2.80. The summed E-state index contributed by atoms with van der Waals surface area (Å²) in [4.78, 5) is 2.41. The van der Waals surface area contributed by atoms with Gasteiger partial charge < -0.3 is 5.32 Å². The molecular formula is C13H19ClN2S. The molecule has 0 amide bonds. The molecule has 4 heteroatoms. The fraction of sp³-hybridized carbons (Fsp3) is 0.538. The van der Waals surface area contributed by atoms with Crippen molar-refractivity contribution in [3.05, 3.63) is 34.9 Å². The summed E-state index contributed by atoms with van der Waals surface area (Å²) in [5.41, 5.74) is 1.21. The van der Waals surface area contributed by atoms with Crippen LogP contribution in [0.2, 0.25) is 5.02 Å². The van der Waals surface area contributed by atoms with E-state index in [4.69, 9.17) is 11.6 Å². The Labute approximate surface area is 113 Å². The van der Waals surface area contributed by atoms with Crippen LogP contribution in [0.3, 0.4) is 0 Å². The summed E-state index contributed by atoms with van der Waals surface area (Å²) in [5, 5.41) is 5.01. The molecule has 1 N–H and O–H groups in total. The standard InChI is InChI=1S/C13H19ClN2S/c1-16(12-7-15-8-13(12)17-2)9-10-5-3-4-6-11(10)14/h3-6,12-13,15H,7-9H2,1-2H3.